The molecule has 2 aromatic carbocycles. The predicted octanol–water partition coefficient (Wildman–Crippen LogP) is 3.33. The monoisotopic (exact) mass is 254 g/mol. The first-order valence-corrected chi connectivity index (χ1v) is 6.23. The highest BCUT2D eigenvalue weighted by molar-refractivity contribution is 5.48. The molecule has 0 spiro atoms. The molecule has 0 aliphatic heterocycles. The Kier molecular flexibility index (Phi) is 4.39. The highest BCUT2D eigenvalue weighted by atomic mass is 15.1. The fourth-order valence-corrected chi connectivity index (χ4v) is 1.75. The van der Waals surface area contributed by atoms with Crippen molar-refractivity contribution in [3.63, 3.8) is 0 Å². The largest absolute Gasteiger partial charge is 0.326 e. The van der Waals surface area contributed by atoms with E-state index in [1.165, 1.54) is 0 Å². The zero-order chi connectivity index (χ0) is 13.7. The van der Waals surface area contributed by atoms with E-state index in [0.717, 1.165) is 28.1 Å². The van der Waals surface area contributed by atoms with Crippen LogP contribution in [-0.2, 0) is 13.1 Å². The van der Waals surface area contributed by atoms with Gasteiger partial charge in [0.15, 0.2) is 0 Å². The summed E-state index contributed by atoms with van der Waals surface area (Å²) in [4.78, 5) is 0. The van der Waals surface area contributed by atoms with Gasteiger partial charge in [-0.3, -0.25) is 0 Å². The molecule has 0 bridgehead atoms. The molecule has 0 aliphatic carbocycles. The van der Waals surface area contributed by atoms with E-state index in [0.29, 0.717) is 13.1 Å². The highest BCUT2D eigenvalue weighted by Gasteiger charge is 1.99. The first-order chi connectivity index (χ1) is 9.22. The molecule has 2 rings (SSSR count). The van der Waals surface area contributed by atoms with Gasteiger partial charge in [0.1, 0.15) is 0 Å². The lowest BCUT2D eigenvalue weighted by Crippen LogP contribution is -1.95. The molecule has 2 aromatic rings. The maximum atomic E-state index is 5.63. The van der Waals surface area contributed by atoms with Crippen molar-refractivity contribution in [2.75, 3.05) is 0 Å². The Morgan fingerprint density at radius 2 is 1.63 bits per heavy atom. The van der Waals surface area contributed by atoms with Gasteiger partial charge in [-0.15, -0.1) is 0 Å². The second-order valence-electron chi connectivity index (χ2n) is 4.40. The van der Waals surface area contributed by atoms with E-state index < -0.39 is 0 Å². The summed E-state index contributed by atoms with van der Waals surface area (Å²) >= 11 is 0. The van der Waals surface area contributed by atoms with Crippen molar-refractivity contribution >= 4 is 11.4 Å². The molecule has 0 atom stereocenters. The Balaban J connectivity index is 2.26. The summed E-state index contributed by atoms with van der Waals surface area (Å²) in [6.45, 7) is 3.02. The van der Waals surface area contributed by atoms with Crippen molar-refractivity contribution in [2.45, 2.75) is 20.0 Å². The number of benzene rings is 2. The van der Waals surface area contributed by atoms with Crippen LogP contribution in [0.5, 0.6) is 0 Å². The van der Waals surface area contributed by atoms with Crippen molar-refractivity contribution in [2.24, 2.45) is 21.7 Å². The van der Waals surface area contributed by atoms with Crippen molar-refractivity contribution in [1.82, 2.24) is 0 Å². The van der Waals surface area contributed by atoms with E-state index in [4.69, 9.17) is 11.5 Å². The minimum atomic E-state index is 0.505. The van der Waals surface area contributed by atoms with Crippen LogP contribution in [0.2, 0.25) is 0 Å². The van der Waals surface area contributed by atoms with Crippen LogP contribution in [0.15, 0.2) is 52.7 Å². The Morgan fingerprint density at radius 1 is 0.895 bits per heavy atom. The summed E-state index contributed by atoms with van der Waals surface area (Å²) in [5.74, 6) is 0. The van der Waals surface area contributed by atoms with Crippen LogP contribution in [0.25, 0.3) is 0 Å². The number of nitrogens with two attached hydrogens (primary N) is 2. The SMILES string of the molecule is Cc1ccc(CN)cc1N=Nc1cccc(CN)c1. The van der Waals surface area contributed by atoms with E-state index in [9.17, 15) is 0 Å². The van der Waals surface area contributed by atoms with Crippen molar-refractivity contribution in [3.05, 3.63) is 59.2 Å². The molecule has 4 nitrogen and oxygen atoms in total. The molecule has 0 heterocycles. The first-order valence-electron chi connectivity index (χ1n) is 6.23. The summed E-state index contributed by atoms with van der Waals surface area (Å²) in [6.07, 6.45) is 0. The molecular weight excluding hydrogens is 236 g/mol. The maximum Gasteiger partial charge on any atom is 0.0889 e. The average molecular weight is 254 g/mol. The molecule has 0 amide bonds. The van der Waals surface area contributed by atoms with E-state index in [-0.39, 0.29) is 0 Å². The fraction of sp³-hybridized carbons (Fsp3) is 0.200. The Hall–Kier alpha value is -2.04. The highest BCUT2D eigenvalue weighted by Crippen LogP contribution is 2.23. The Bertz CT molecular complexity index is 590. The zero-order valence-corrected chi connectivity index (χ0v) is 11.0. The number of nitrogens with zero attached hydrogens (tertiary/aromatic N) is 2. The van der Waals surface area contributed by atoms with Crippen molar-refractivity contribution in [3.8, 4) is 0 Å². The maximum absolute atomic E-state index is 5.63. The Morgan fingerprint density at radius 3 is 2.37 bits per heavy atom. The molecular formula is C15H18N4. The number of hydrogen-bond acceptors (Lipinski definition) is 4. The third kappa shape index (κ3) is 3.47. The van der Waals surface area contributed by atoms with E-state index in [2.05, 4.69) is 10.2 Å². The van der Waals surface area contributed by atoms with Gasteiger partial charge in [0.25, 0.3) is 0 Å². The molecule has 0 saturated carbocycles. The summed E-state index contributed by atoms with van der Waals surface area (Å²) in [5, 5.41) is 8.54. The predicted molar refractivity (Wildman–Crippen MR) is 77.6 cm³/mol. The van der Waals surface area contributed by atoms with E-state index in [1.54, 1.807) is 0 Å². The van der Waals surface area contributed by atoms with Gasteiger partial charge in [0.05, 0.1) is 11.4 Å². The van der Waals surface area contributed by atoms with Gasteiger partial charge in [0, 0.05) is 13.1 Å². The van der Waals surface area contributed by atoms with Crippen LogP contribution < -0.4 is 11.5 Å². The summed E-state index contributed by atoms with van der Waals surface area (Å²) in [5.41, 5.74) is 16.1. The molecule has 19 heavy (non-hydrogen) atoms. The van der Waals surface area contributed by atoms with Gasteiger partial charge >= 0.3 is 0 Å². The molecule has 0 aromatic heterocycles. The quantitative estimate of drug-likeness (QED) is 0.821. The van der Waals surface area contributed by atoms with Crippen LogP contribution in [0.1, 0.15) is 16.7 Å². The standard InChI is InChI=1S/C15H18N4/c1-11-5-6-13(10-17)8-15(11)19-18-14-4-2-3-12(7-14)9-16/h2-8H,9-10,16-17H2,1H3. The second-order valence-corrected chi connectivity index (χ2v) is 4.40. The average Bonchev–Trinajstić information content (AvgIpc) is 2.46. The van der Waals surface area contributed by atoms with Gasteiger partial charge in [-0.1, -0.05) is 24.3 Å². The number of aryl methyl sites for hydroxylation is 1. The molecule has 0 aliphatic rings. The number of hydrogen-bond donors (Lipinski definition) is 2. The number of rotatable bonds is 4. The third-order valence-electron chi connectivity index (χ3n) is 2.93. The molecule has 98 valence electrons. The molecule has 0 radical (unpaired) electrons. The van der Waals surface area contributed by atoms with Crippen LogP contribution in [0, 0.1) is 6.92 Å². The van der Waals surface area contributed by atoms with Gasteiger partial charge < -0.3 is 11.5 Å². The first kappa shape index (κ1) is 13.4. The molecule has 4 heteroatoms. The Labute approximate surface area is 113 Å². The van der Waals surface area contributed by atoms with Gasteiger partial charge in [0.2, 0.25) is 0 Å². The van der Waals surface area contributed by atoms with Crippen LogP contribution in [-0.4, -0.2) is 0 Å². The molecule has 0 unspecified atom stereocenters. The third-order valence-corrected chi connectivity index (χ3v) is 2.93. The lowest BCUT2D eigenvalue weighted by molar-refractivity contribution is 1.06. The second kappa shape index (κ2) is 6.22. The van der Waals surface area contributed by atoms with Gasteiger partial charge in [-0.2, -0.15) is 10.2 Å². The molecule has 0 saturated heterocycles. The normalized spacial score (nSPS) is 11.1. The van der Waals surface area contributed by atoms with Gasteiger partial charge in [-0.25, -0.2) is 0 Å². The molecule has 0 fully saturated rings. The number of azo groups is 1. The minimum Gasteiger partial charge on any atom is -0.326 e. The lowest BCUT2D eigenvalue weighted by Gasteiger charge is -2.02. The molecule has 4 N–H and O–H groups in total. The summed E-state index contributed by atoms with van der Waals surface area (Å²) in [7, 11) is 0. The van der Waals surface area contributed by atoms with Gasteiger partial charge in [-0.05, 0) is 41.8 Å². The summed E-state index contributed by atoms with van der Waals surface area (Å²) < 4.78 is 0. The van der Waals surface area contributed by atoms with Crippen molar-refractivity contribution < 1.29 is 0 Å². The topological polar surface area (TPSA) is 76.8 Å². The van der Waals surface area contributed by atoms with Crippen LogP contribution >= 0.6 is 0 Å². The minimum absolute atomic E-state index is 0.505. The fourth-order valence-electron chi connectivity index (χ4n) is 1.75. The van der Waals surface area contributed by atoms with Crippen LogP contribution in [0.4, 0.5) is 11.4 Å². The van der Waals surface area contributed by atoms with Crippen LogP contribution in [0.3, 0.4) is 0 Å². The smallest absolute Gasteiger partial charge is 0.0889 e. The van der Waals surface area contributed by atoms with E-state index >= 15 is 0 Å². The summed E-state index contributed by atoms with van der Waals surface area (Å²) in [6, 6.07) is 13.7. The zero-order valence-electron chi connectivity index (χ0n) is 11.0. The van der Waals surface area contributed by atoms with E-state index in [1.807, 2.05) is 49.4 Å². The lowest BCUT2D eigenvalue weighted by atomic mass is 10.1. The van der Waals surface area contributed by atoms with Crippen molar-refractivity contribution in [1.29, 1.82) is 0 Å².